The normalized spacial score (nSPS) is 17.4. The van der Waals surface area contributed by atoms with Crippen molar-refractivity contribution in [2.24, 2.45) is 5.92 Å². The molecule has 9 nitrogen and oxygen atoms in total. The maximum Gasteiger partial charge on any atom is 0.264 e. The van der Waals surface area contributed by atoms with Crippen LogP contribution in [0.1, 0.15) is 46.1 Å². The van der Waals surface area contributed by atoms with Gasteiger partial charge in [0.1, 0.15) is 11.0 Å². The van der Waals surface area contributed by atoms with E-state index in [4.69, 9.17) is 4.84 Å². The molecule has 0 aliphatic carbocycles. The first-order valence-corrected chi connectivity index (χ1v) is 13.3. The van der Waals surface area contributed by atoms with E-state index in [9.17, 15) is 13.2 Å². The van der Waals surface area contributed by atoms with Crippen molar-refractivity contribution in [3.63, 3.8) is 0 Å². The molecule has 0 N–H and O–H groups in total. The number of carbonyl (C=O) groups is 1. The summed E-state index contributed by atoms with van der Waals surface area (Å²) in [5.41, 5.74) is 1.48. The van der Waals surface area contributed by atoms with E-state index in [0.29, 0.717) is 36.6 Å². The fourth-order valence-corrected chi connectivity index (χ4v) is 5.93. The van der Waals surface area contributed by atoms with E-state index >= 15 is 0 Å². The Morgan fingerprint density at radius 1 is 1.17 bits per heavy atom. The third kappa shape index (κ3) is 5.65. The smallest absolute Gasteiger partial charge is 0.264 e. The van der Waals surface area contributed by atoms with Crippen LogP contribution < -0.4 is 4.84 Å². The van der Waals surface area contributed by atoms with Crippen molar-refractivity contribution in [3.8, 4) is 0 Å². The van der Waals surface area contributed by atoms with Crippen molar-refractivity contribution in [3.05, 3.63) is 54.1 Å². The maximum atomic E-state index is 13.2. The molecular formula is C25H33N5O4S. The summed E-state index contributed by atoms with van der Waals surface area (Å²) >= 11 is 0. The molecular weight excluding hydrogens is 466 g/mol. The first kappa shape index (κ1) is 25.1. The molecule has 188 valence electrons. The lowest BCUT2D eigenvalue weighted by Crippen LogP contribution is -2.47. The average molecular weight is 500 g/mol. The molecule has 3 aromatic rings. The van der Waals surface area contributed by atoms with Crippen LogP contribution in [-0.2, 0) is 21.4 Å². The van der Waals surface area contributed by atoms with Crippen LogP contribution in [0.3, 0.4) is 0 Å². The zero-order valence-electron chi connectivity index (χ0n) is 20.7. The summed E-state index contributed by atoms with van der Waals surface area (Å²) in [6.45, 7) is 9.17. The molecule has 10 heteroatoms. The number of carbonyl (C=O) groups excluding carboxylic acids is 1. The molecule has 1 amide bonds. The highest BCUT2D eigenvalue weighted by molar-refractivity contribution is 7.89. The molecule has 1 fully saturated rings. The predicted octanol–water partition coefficient (Wildman–Crippen LogP) is 3.11. The third-order valence-corrected chi connectivity index (χ3v) is 8.11. The van der Waals surface area contributed by atoms with Gasteiger partial charge in [0.25, 0.3) is 5.91 Å². The first-order valence-electron chi connectivity index (χ1n) is 11.9. The van der Waals surface area contributed by atoms with Gasteiger partial charge in [-0.1, -0.05) is 42.1 Å². The Balaban J connectivity index is 1.52. The minimum Gasteiger partial charge on any atom is -0.385 e. The lowest BCUT2D eigenvalue weighted by Gasteiger charge is -2.35. The number of aromatic nitrogens is 3. The summed E-state index contributed by atoms with van der Waals surface area (Å²) in [5.74, 6) is 0.113. The summed E-state index contributed by atoms with van der Waals surface area (Å²) in [4.78, 5) is 21.9. The van der Waals surface area contributed by atoms with Gasteiger partial charge in [0, 0.05) is 25.2 Å². The van der Waals surface area contributed by atoms with E-state index in [0.717, 1.165) is 23.3 Å². The monoisotopic (exact) mass is 499 g/mol. The van der Waals surface area contributed by atoms with Gasteiger partial charge in [-0.05, 0) is 68.5 Å². The van der Waals surface area contributed by atoms with Crippen LogP contribution in [0.2, 0.25) is 0 Å². The highest BCUT2D eigenvalue weighted by Gasteiger charge is 2.30. The van der Waals surface area contributed by atoms with E-state index < -0.39 is 15.6 Å². The van der Waals surface area contributed by atoms with E-state index in [2.05, 4.69) is 17.2 Å². The number of hydrogen-bond donors (Lipinski definition) is 0. The van der Waals surface area contributed by atoms with Crippen molar-refractivity contribution in [1.29, 1.82) is 0 Å². The van der Waals surface area contributed by atoms with Gasteiger partial charge in [0.2, 0.25) is 10.0 Å². The Kier molecular flexibility index (Phi) is 7.14. The number of nitrogens with zero attached hydrogens (tertiary/aromatic N) is 5. The van der Waals surface area contributed by atoms with Crippen LogP contribution in [-0.4, -0.2) is 63.9 Å². The molecule has 35 heavy (non-hydrogen) atoms. The van der Waals surface area contributed by atoms with Crippen LogP contribution in [0, 0.1) is 5.92 Å². The molecule has 1 atom stereocenters. The van der Waals surface area contributed by atoms with Gasteiger partial charge in [-0.25, -0.2) is 8.42 Å². The fraction of sp³-hybridized carbons (Fsp3) is 0.480. The Morgan fingerprint density at radius 3 is 2.60 bits per heavy atom. The summed E-state index contributed by atoms with van der Waals surface area (Å²) in [5, 5.41) is 8.05. The molecule has 1 aliphatic heterocycles. The van der Waals surface area contributed by atoms with Crippen LogP contribution in [0.4, 0.5) is 0 Å². The zero-order chi connectivity index (χ0) is 25.2. The summed E-state index contributed by atoms with van der Waals surface area (Å²) in [6.07, 6.45) is 1.88. The highest BCUT2D eigenvalue weighted by Crippen LogP contribution is 2.25. The Labute approximate surface area is 206 Å². The molecule has 0 spiro atoms. The second-order valence-electron chi connectivity index (χ2n) is 10.1. The van der Waals surface area contributed by atoms with Crippen molar-refractivity contribution < 1.29 is 18.0 Å². The van der Waals surface area contributed by atoms with Crippen LogP contribution >= 0.6 is 0 Å². The van der Waals surface area contributed by atoms with E-state index in [-0.39, 0.29) is 17.4 Å². The van der Waals surface area contributed by atoms with Crippen molar-refractivity contribution in [2.45, 2.75) is 57.5 Å². The maximum absolute atomic E-state index is 13.2. The number of hydrogen-bond acceptors (Lipinski definition) is 6. The van der Waals surface area contributed by atoms with Crippen LogP contribution in [0.5, 0.6) is 0 Å². The summed E-state index contributed by atoms with van der Waals surface area (Å²) in [7, 11) is -3.65. The second kappa shape index (κ2) is 9.94. The van der Waals surface area contributed by atoms with Gasteiger partial charge in [0.05, 0.1) is 4.90 Å². The quantitative estimate of drug-likeness (QED) is 0.496. The van der Waals surface area contributed by atoms with Crippen molar-refractivity contribution in [1.82, 2.24) is 24.4 Å². The van der Waals surface area contributed by atoms with E-state index in [1.807, 2.05) is 51.1 Å². The fourth-order valence-electron chi connectivity index (χ4n) is 4.31. The van der Waals surface area contributed by atoms with Gasteiger partial charge < -0.3 is 9.74 Å². The second-order valence-corrected chi connectivity index (χ2v) is 12.1. The number of piperidine rings is 1. The van der Waals surface area contributed by atoms with Crippen LogP contribution in [0.15, 0.2) is 53.4 Å². The number of amides is 1. The zero-order valence-corrected chi connectivity index (χ0v) is 21.5. The summed E-state index contributed by atoms with van der Waals surface area (Å²) in [6, 6.07) is 14.4. The average Bonchev–Trinajstić information content (AvgIpc) is 3.23. The lowest BCUT2D eigenvalue weighted by molar-refractivity contribution is -0.142. The number of sulfonamides is 1. The van der Waals surface area contributed by atoms with Gasteiger partial charge in [-0.3, -0.25) is 4.79 Å². The SMILES string of the molecule is C[C@@H]1CCCN(S(=O)(=O)c2ccc3nnn(OCC(=O)N(Cc4ccccc4)C(C)(C)C)c3c2)C1. The molecule has 4 rings (SSSR count). The van der Waals surface area contributed by atoms with Gasteiger partial charge in [0.15, 0.2) is 6.61 Å². The minimum absolute atomic E-state index is 0.165. The molecule has 1 aliphatic rings. The van der Waals surface area contributed by atoms with Gasteiger partial charge in [-0.15, -0.1) is 5.10 Å². The minimum atomic E-state index is -3.65. The third-order valence-electron chi connectivity index (χ3n) is 6.25. The van der Waals surface area contributed by atoms with Gasteiger partial charge in [-0.2, -0.15) is 4.31 Å². The van der Waals surface area contributed by atoms with Crippen LogP contribution in [0.25, 0.3) is 11.0 Å². The number of fused-ring (bicyclic) bond motifs is 1. The first-order chi connectivity index (χ1) is 16.6. The summed E-state index contributed by atoms with van der Waals surface area (Å²) < 4.78 is 28.0. The van der Waals surface area contributed by atoms with E-state index in [1.54, 1.807) is 17.0 Å². The van der Waals surface area contributed by atoms with Crippen molar-refractivity contribution >= 4 is 27.0 Å². The molecule has 1 aromatic heterocycles. The largest absolute Gasteiger partial charge is 0.385 e. The topological polar surface area (TPSA) is 97.6 Å². The lowest BCUT2D eigenvalue weighted by atomic mass is 10.0. The molecule has 0 radical (unpaired) electrons. The van der Waals surface area contributed by atoms with Gasteiger partial charge >= 0.3 is 0 Å². The number of benzene rings is 2. The number of rotatable bonds is 7. The van der Waals surface area contributed by atoms with Crippen molar-refractivity contribution in [2.75, 3.05) is 19.7 Å². The Morgan fingerprint density at radius 2 is 1.91 bits per heavy atom. The molecule has 0 bridgehead atoms. The van der Waals surface area contributed by atoms with E-state index in [1.165, 1.54) is 10.4 Å². The molecule has 2 heterocycles. The molecule has 0 saturated carbocycles. The molecule has 1 saturated heterocycles. The predicted molar refractivity (Wildman–Crippen MR) is 133 cm³/mol. The molecule has 2 aromatic carbocycles. The highest BCUT2D eigenvalue weighted by atomic mass is 32.2. The Bertz CT molecular complexity index is 1280. The standard InChI is InChI=1S/C25H33N5O4S/c1-19-9-8-14-28(16-19)35(32,33)21-12-13-22-23(15-21)30(27-26-22)34-18-24(31)29(25(2,3)4)17-20-10-6-5-7-11-20/h5-7,10-13,15,19H,8-9,14,16-18H2,1-4H3/t19-/m1/s1. The Hall–Kier alpha value is -2.98. The molecule has 0 unspecified atom stereocenters.